The number of amides is 1. The van der Waals surface area contributed by atoms with E-state index in [1.807, 2.05) is 32.0 Å². The van der Waals surface area contributed by atoms with Crippen LogP contribution in [0.5, 0.6) is 0 Å². The first-order valence-corrected chi connectivity index (χ1v) is 10.9. The number of aryl methyl sites for hydroxylation is 1. The average molecular weight is 416 g/mol. The summed E-state index contributed by atoms with van der Waals surface area (Å²) in [5.41, 5.74) is 1.19. The molecule has 1 aromatic rings. The van der Waals surface area contributed by atoms with Crippen molar-refractivity contribution < 1.29 is 23.7 Å². The van der Waals surface area contributed by atoms with Gasteiger partial charge in [-0.3, -0.25) is 4.79 Å². The first-order chi connectivity index (χ1) is 14.3. The van der Waals surface area contributed by atoms with Crippen molar-refractivity contribution >= 4 is 5.91 Å². The minimum absolute atomic E-state index is 0.0717. The zero-order valence-electron chi connectivity index (χ0n) is 18.2. The van der Waals surface area contributed by atoms with E-state index in [-0.39, 0.29) is 30.3 Å². The summed E-state index contributed by atoms with van der Waals surface area (Å²) in [6.45, 7) is 10.4. The van der Waals surface area contributed by atoms with Crippen molar-refractivity contribution in [3.05, 3.63) is 48.0 Å². The number of hydrogen-bond acceptors (Lipinski definition) is 5. The molecule has 0 spiro atoms. The molecule has 1 amide bonds. The third-order valence-electron chi connectivity index (χ3n) is 6.17. The van der Waals surface area contributed by atoms with Crippen LogP contribution in [0.3, 0.4) is 0 Å². The van der Waals surface area contributed by atoms with Crippen molar-refractivity contribution in [3.8, 4) is 0 Å². The van der Waals surface area contributed by atoms with Gasteiger partial charge in [-0.1, -0.05) is 30.3 Å². The summed E-state index contributed by atoms with van der Waals surface area (Å²) < 4.78 is 24.8. The summed E-state index contributed by atoms with van der Waals surface area (Å²) in [6, 6.07) is 8.34. The maximum Gasteiger partial charge on any atom is 0.252 e. The molecule has 164 valence electrons. The van der Waals surface area contributed by atoms with Crippen LogP contribution in [0.25, 0.3) is 0 Å². The van der Waals surface area contributed by atoms with E-state index in [2.05, 4.69) is 24.9 Å². The Hall–Kier alpha value is -1.73. The molecule has 0 bridgehead atoms. The zero-order valence-corrected chi connectivity index (χ0v) is 18.2. The van der Waals surface area contributed by atoms with Crippen LogP contribution in [0.4, 0.5) is 0 Å². The molecule has 1 aliphatic heterocycles. The van der Waals surface area contributed by atoms with Crippen LogP contribution in [0.2, 0.25) is 0 Å². The van der Waals surface area contributed by atoms with Gasteiger partial charge in [0.15, 0.2) is 11.4 Å². The average Bonchev–Trinajstić information content (AvgIpc) is 3.45. The molecule has 6 nitrogen and oxygen atoms in total. The Morgan fingerprint density at radius 2 is 2.03 bits per heavy atom. The van der Waals surface area contributed by atoms with Crippen LogP contribution in [0, 0.1) is 6.92 Å². The molecule has 0 radical (unpaired) electrons. The SMILES string of the molecule is C=CCOC1C[C@](OCc2ccccc2C)(C(=O)NC2CC2)C[C@H]2OC(C)(C)O[C@@H]12. The molecule has 2 saturated carbocycles. The van der Waals surface area contributed by atoms with Gasteiger partial charge >= 0.3 is 0 Å². The van der Waals surface area contributed by atoms with E-state index in [1.54, 1.807) is 6.08 Å². The second kappa shape index (κ2) is 8.42. The molecule has 1 aromatic carbocycles. The van der Waals surface area contributed by atoms with E-state index in [9.17, 15) is 4.79 Å². The molecule has 6 heteroatoms. The molecule has 4 rings (SSSR count). The lowest BCUT2D eigenvalue weighted by Crippen LogP contribution is -2.60. The summed E-state index contributed by atoms with van der Waals surface area (Å²) in [5.74, 6) is -0.790. The number of rotatable bonds is 8. The number of nitrogens with one attached hydrogen (secondary N) is 1. The number of ether oxygens (including phenoxy) is 4. The van der Waals surface area contributed by atoms with Crippen molar-refractivity contribution in [2.24, 2.45) is 0 Å². The fraction of sp³-hybridized carbons (Fsp3) is 0.625. The molecule has 4 atom stereocenters. The fourth-order valence-corrected chi connectivity index (χ4v) is 4.43. The Balaban J connectivity index is 1.60. The standard InChI is InChI=1S/C24H33NO5/c1-5-12-27-19-13-24(22(26)25-18-10-11-18,14-20-21(19)30-23(3,4)29-20)28-15-17-9-7-6-8-16(17)2/h5-9,18-21H,1,10-15H2,2-4H3,(H,25,26)/t19?,20-,21+,24-/m1/s1. The van der Waals surface area contributed by atoms with E-state index in [0.717, 1.165) is 24.0 Å². The van der Waals surface area contributed by atoms with E-state index in [4.69, 9.17) is 18.9 Å². The van der Waals surface area contributed by atoms with Crippen LogP contribution >= 0.6 is 0 Å². The maximum atomic E-state index is 13.4. The fourth-order valence-electron chi connectivity index (χ4n) is 4.43. The van der Waals surface area contributed by atoms with Gasteiger partial charge in [0.2, 0.25) is 0 Å². The predicted molar refractivity (Wildman–Crippen MR) is 113 cm³/mol. The Labute approximate surface area is 178 Å². The van der Waals surface area contributed by atoms with Crippen molar-refractivity contribution in [2.75, 3.05) is 6.61 Å². The molecule has 3 fully saturated rings. The first kappa shape index (κ1) is 21.5. The Morgan fingerprint density at radius 1 is 1.27 bits per heavy atom. The number of carbonyl (C=O) groups excluding carboxylic acids is 1. The molecule has 2 aliphatic carbocycles. The molecule has 3 aliphatic rings. The lowest BCUT2D eigenvalue weighted by Gasteiger charge is -2.43. The van der Waals surface area contributed by atoms with Gasteiger partial charge in [0.1, 0.15) is 6.10 Å². The Bertz CT molecular complexity index is 790. The lowest BCUT2D eigenvalue weighted by atomic mass is 9.78. The van der Waals surface area contributed by atoms with Gasteiger partial charge in [-0.25, -0.2) is 0 Å². The normalized spacial score (nSPS) is 32.4. The van der Waals surface area contributed by atoms with Gasteiger partial charge < -0.3 is 24.3 Å². The molecule has 1 N–H and O–H groups in total. The zero-order chi connectivity index (χ0) is 21.4. The highest BCUT2D eigenvalue weighted by molar-refractivity contribution is 5.86. The van der Waals surface area contributed by atoms with E-state index in [0.29, 0.717) is 26.1 Å². The Morgan fingerprint density at radius 3 is 2.73 bits per heavy atom. The van der Waals surface area contributed by atoms with E-state index < -0.39 is 11.4 Å². The first-order valence-electron chi connectivity index (χ1n) is 10.9. The Kier molecular flexibility index (Phi) is 6.04. The summed E-state index contributed by atoms with van der Waals surface area (Å²) in [5, 5.41) is 3.16. The molecular weight excluding hydrogens is 382 g/mol. The van der Waals surface area contributed by atoms with Crippen LogP contribution in [-0.2, 0) is 30.3 Å². The smallest absolute Gasteiger partial charge is 0.252 e. The van der Waals surface area contributed by atoms with Gasteiger partial charge in [-0.05, 0) is 44.7 Å². The molecule has 0 aromatic heterocycles. The predicted octanol–water partition coefficient (Wildman–Crippen LogP) is 3.41. The summed E-state index contributed by atoms with van der Waals surface area (Å²) in [7, 11) is 0. The lowest BCUT2D eigenvalue weighted by molar-refractivity contribution is -0.180. The minimum atomic E-state index is -1.03. The van der Waals surface area contributed by atoms with Crippen LogP contribution < -0.4 is 5.32 Å². The number of fused-ring (bicyclic) bond motifs is 1. The summed E-state index contributed by atoms with van der Waals surface area (Å²) in [4.78, 5) is 13.4. The van der Waals surface area contributed by atoms with Crippen molar-refractivity contribution in [1.82, 2.24) is 5.32 Å². The second-order valence-corrected chi connectivity index (χ2v) is 9.16. The number of hydrogen-bond donors (Lipinski definition) is 1. The van der Waals surface area contributed by atoms with Crippen molar-refractivity contribution in [3.63, 3.8) is 0 Å². The van der Waals surface area contributed by atoms with E-state index >= 15 is 0 Å². The highest BCUT2D eigenvalue weighted by atomic mass is 16.8. The summed E-state index contributed by atoms with van der Waals surface area (Å²) in [6.07, 6.45) is 3.80. The maximum absolute atomic E-state index is 13.4. The highest BCUT2D eigenvalue weighted by Crippen LogP contribution is 2.44. The van der Waals surface area contributed by atoms with Gasteiger partial charge in [-0.2, -0.15) is 0 Å². The van der Waals surface area contributed by atoms with Gasteiger partial charge in [0.25, 0.3) is 5.91 Å². The van der Waals surface area contributed by atoms with Gasteiger partial charge in [0.05, 0.1) is 25.4 Å². The summed E-state index contributed by atoms with van der Waals surface area (Å²) >= 11 is 0. The molecule has 30 heavy (non-hydrogen) atoms. The van der Waals surface area contributed by atoms with Gasteiger partial charge in [-0.15, -0.1) is 6.58 Å². The van der Waals surface area contributed by atoms with Gasteiger partial charge in [0, 0.05) is 18.9 Å². The largest absolute Gasteiger partial charge is 0.371 e. The molecule has 1 saturated heterocycles. The van der Waals surface area contributed by atoms with Crippen molar-refractivity contribution in [2.45, 2.75) is 88.8 Å². The molecule has 1 unspecified atom stereocenters. The quantitative estimate of drug-likeness (QED) is 0.659. The second-order valence-electron chi connectivity index (χ2n) is 9.16. The van der Waals surface area contributed by atoms with Crippen LogP contribution in [0.1, 0.15) is 50.7 Å². The van der Waals surface area contributed by atoms with Crippen LogP contribution in [0.15, 0.2) is 36.9 Å². The number of benzene rings is 1. The third-order valence-corrected chi connectivity index (χ3v) is 6.17. The monoisotopic (exact) mass is 415 g/mol. The van der Waals surface area contributed by atoms with Crippen molar-refractivity contribution in [1.29, 1.82) is 0 Å². The topological polar surface area (TPSA) is 66.0 Å². The van der Waals surface area contributed by atoms with E-state index in [1.165, 1.54) is 0 Å². The minimum Gasteiger partial charge on any atom is -0.371 e. The molecule has 1 heterocycles. The molecular formula is C24H33NO5. The van der Waals surface area contributed by atoms with Crippen LogP contribution in [-0.4, -0.2) is 48.3 Å². The highest BCUT2D eigenvalue weighted by Gasteiger charge is 2.58. The third kappa shape index (κ3) is 4.62. The number of carbonyl (C=O) groups is 1.